The summed E-state index contributed by atoms with van der Waals surface area (Å²) in [6.45, 7) is 4.39. The van der Waals surface area contributed by atoms with Crippen LogP contribution in [0.25, 0.3) is 0 Å². The fraction of sp³-hybridized carbons (Fsp3) is 0.800. The lowest BCUT2D eigenvalue weighted by Gasteiger charge is -2.42. The maximum atomic E-state index is 11.3. The molecule has 2 N–H and O–H groups in total. The third kappa shape index (κ3) is 1.54. The van der Waals surface area contributed by atoms with Crippen molar-refractivity contribution in [2.45, 2.75) is 38.8 Å². The Morgan fingerprint density at radius 2 is 2.07 bits per heavy atom. The first-order valence-corrected chi connectivity index (χ1v) is 5.17. The molecule has 1 aliphatic heterocycles. The van der Waals surface area contributed by atoms with Gasteiger partial charge in [0.2, 0.25) is 11.8 Å². The topological polar surface area (TPSA) is 58.2 Å². The van der Waals surface area contributed by atoms with Crippen LogP contribution in [0.2, 0.25) is 0 Å². The molecule has 2 amide bonds. The number of amides is 2. The minimum absolute atomic E-state index is 0.160. The zero-order valence-corrected chi connectivity index (χ0v) is 8.54. The predicted octanol–water partition coefficient (Wildman–Crippen LogP) is 0.0356. The molecule has 0 aromatic carbocycles. The molecule has 2 aliphatic rings. The minimum Gasteiger partial charge on any atom is -0.302 e. The number of imide groups is 1. The van der Waals surface area contributed by atoms with E-state index in [2.05, 4.69) is 24.5 Å². The standard InChI is InChI=1S/C10H16N2O2/c1-5-3-7(6(5)2)11-8-4-9(13)12-10(8)14/h5-8,11H,3-4H2,1-2H3,(H,12,13,14). The first kappa shape index (κ1) is 9.65. The summed E-state index contributed by atoms with van der Waals surface area (Å²) in [5.74, 6) is 1.01. The van der Waals surface area contributed by atoms with Crippen molar-refractivity contribution in [1.82, 2.24) is 10.6 Å². The van der Waals surface area contributed by atoms with Crippen molar-refractivity contribution in [1.29, 1.82) is 0 Å². The molecule has 0 aromatic heterocycles. The van der Waals surface area contributed by atoms with Gasteiger partial charge in [-0.1, -0.05) is 13.8 Å². The van der Waals surface area contributed by atoms with Crippen molar-refractivity contribution >= 4 is 11.8 Å². The number of nitrogens with one attached hydrogen (secondary N) is 2. The van der Waals surface area contributed by atoms with Crippen molar-refractivity contribution in [3.8, 4) is 0 Å². The molecule has 0 spiro atoms. The van der Waals surface area contributed by atoms with Crippen molar-refractivity contribution in [2.75, 3.05) is 0 Å². The van der Waals surface area contributed by atoms with E-state index in [1.54, 1.807) is 0 Å². The average molecular weight is 196 g/mol. The Balaban J connectivity index is 1.87. The summed E-state index contributed by atoms with van der Waals surface area (Å²) < 4.78 is 0. The van der Waals surface area contributed by atoms with Gasteiger partial charge in [-0.25, -0.2) is 0 Å². The Kier molecular flexibility index (Phi) is 2.31. The van der Waals surface area contributed by atoms with E-state index in [0.717, 1.165) is 12.3 Å². The van der Waals surface area contributed by atoms with Gasteiger partial charge in [0.15, 0.2) is 0 Å². The quantitative estimate of drug-likeness (QED) is 0.613. The molecule has 1 aliphatic carbocycles. The molecule has 1 saturated heterocycles. The summed E-state index contributed by atoms with van der Waals surface area (Å²) in [4.78, 5) is 22.2. The van der Waals surface area contributed by atoms with Gasteiger partial charge in [0, 0.05) is 6.04 Å². The summed E-state index contributed by atoms with van der Waals surface area (Å²) in [7, 11) is 0. The van der Waals surface area contributed by atoms with Crippen LogP contribution >= 0.6 is 0 Å². The number of hydrogen-bond acceptors (Lipinski definition) is 3. The number of hydrogen-bond donors (Lipinski definition) is 2. The summed E-state index contributed by atoms with van der Waals surface area (Å²) in [6.07, 6.45) is 1.41. The second-order valence-corrected chi connectivity index (χ2v) is 4.51. The molecule has 0 bridgehead atoms. The molecule has 2 fully saturated rings. The first-order chi connectivity index (χ1) is 6.58. The summed E-state index contributed by atoms with van der Waals surface area (Å²) in [5.41, 5.74) is 0. The van der Waals surface area contributed by atoms with Crippen LogP contribution in [0, 0.1) is 11.8 Å². The maximum Gasteiger partial charge on any atom is 0.244 e. The molecule has 0 radical (unpaired) electrons. The molecule has 4 nitrogen and oxygen atoms in total. The molecule has 14 heavy (non-hydrogen) atoms. The Bertz CT molecular complexity index is 277. The van der Waals surface area contributed by atoms with E-state index in [1.165, 1.54) is 0 Å². The highest BCUT2D eigenvalue weighted by atomic mass is 16.2. The number of carbonyl (C=O) groups excluding carboxylic acids is 2. The van der Waals surface area contributed by atoms with E-state index < -0.39 is 0 Å². The van der Waals surface area contributed by atoms with Gasteiger partial charge in [-0.15, -0.1) is 0 Å². The van der Waals surface area contributed by atoms with Crippen LogP contribution in [0.1, 0.15) is 26.7 Å². The van der Waals surface area contributed by atoms with Gasteiger partial charge in [-0.3, -0.25) is 14.9 Å². The highest BCUT2D eigenvalue weighted by molar-refractivity contribution is 6.05. The molecule has 1 heterocycles. The average Bonchev–Trinajstić information content (AvgIpc) is 2.44. The molecule has 2 rings (SSSR count). The summed E-state index contributed by atoms with van der Waals surface area (Å²) in [5, 5.41) is 5.55. The van der Waals surface area contributed by atoms with Crippen molar-refractivity contribution in [2.24, 2.45) is 11.8 Å². The van der Waals surface area contributed by atoms with Gasteiger partial charge in [0.25, 0.3) is 0 Å². The second-order valence-electron chi connectivity index (χ2n) is 4.51. The van der Waals surface area contributed by atoms with Crippen molar-refractivity contribution in [3.05, 3.63) is 0 Å². The lowest BCUT2D eigenvalue weighted by Crippen LogP contribution is -2.53. The Morgan fingerprint density at radius 3 is 2.50 bits per heavy atom. The SMILES string of the molecule is CC1CC(NC2CC(=O)NC2=O)C1C. The molecule has 0 aromatic rings. The largest absolute Gasteiger partial charge is 0.302 e. The Morgan fingerprint density at radius 1 is 1.36 bits per heavy atom. The fourth-order valence-corrected chi connectivity index (χ4v) is 2.20. The van der Waals surface area contributed by atoms with Gasteiger partial charge in [-0.05, 0) is 18.3 Å². The van der Waals surface area contributed by atoms with Crippen LogP contribution in [-0.2, 0) is 9.59 Å². The molecular formula is C10H16N2O2. The van der Waals surface area contributed by atoms with E-state index in [-0.39, 0.29) is 17.9 Å². The van der Waals surface area contributed by atoms with Crippen LogP contribution < -0.4 is 10.6 Å². The van der Waals surface area contributed by atoms with E-state index in [4.69, 9.17) is 0 Å². The van der Waals surface area contributed by atoms with Gasteiger partial charge in [0.1, 0.15) is 0 Å². The molecule has 4 atom stereocenters. The fourth-order valence-electron chi connectivity index (χ4n) is 2.20. The second kappa shape index (κ2) is 3.35. The molecule has 1 saturated carbocycles. The van der Waals surface area contributed by atoms with Gasteiger partial charge < -0.3 is 5.32 Å². The third-order valence-electron chi connectivity index (χ3n) is 3.54. The summed E-state index contributed by atoms with van der Waals surface area (Å²) in [6, 6.07) is 0.120. The molecular weight excluding hydrogens is 180 g/mol. The Hall–Kier alpha value is -0.900. The van der Waals surface area contributed by atoms with Crippen LogP contribution in [0.15, 0.2) is 0 Å². The molecule has 4 heteroatoms. The van der Waals surface area contributed by atoms with Crippen LogP contribution in [-0.4, -0.2) is 23.9 Å². The zero-order valence-electron chi connectivity index (χ0n) is 8.54. The first-order valence-electron chi connectivity index (χ1n) is 5.17. The zero-order chi connectivity index (χ0) is 10.3. The highest BCUT2D eigenvalue weighted by Crippen LogP contribution is 2.34. The van der Waals surface area contributed by atoms with Crippen LogP contribution in [0.3, 0.4) is 0 Å². The normalized spacial score (nSPS) is 42.1. The lowest BCUT2D eigenvalue weighted by atomic mass is 9.71. The monoisotopic (exact) mass is 196 g/mol. The molecule has 4 unspecified atom stereocenters. The number of rotatable bonds is 2. The van der Waals surface area contributed by atoms with Crippen molar-refractivity contribution < 1.29 is 9.59 Å². The minimum atomic E-state index is -0.289. The number of carbonyl (C=O) groups is 2. The van der Waals surface area contributed by atoms with E-state index in [9.17, 15) is 9.59 Å². The van der Waals surface area contributed by atoms with Gasteiger partial charge in [-0.2, -0.15) is 0 Å². The molecule has 78 valence electrons. The highest BCUT2D eigenvalue weighted by Gasteiger charge is 2.39. The smallest absolute Gasteiger partial charge is 0.244 e. The summed E-state index contributed by atoms with van der Waals surface area (Å²) >= 11 is 0. The van der Waals surface area contributed by atoms with Gasteiger partial charge >= 0.3 is 0 Å². The lowest BCUT2D eigenvalue weighted by molar-refractivity contribution is -0.125. The van der Waals surface area contributed by atoms with Crippen molar-refractivity contribution in [3.63, 3.8) is 0 Å². The maximum absolute atomic E-state index is 11.3. The van der Waals surface area contributed by atoms with E-state index >= 15 is 0 Å². The van der Waals surface area contributed by atoms with E-state index in [0.29, 0.717) is 18.4 Å². The van der Waals surface area contributed by atoms with E-state index in [1.807, 2.05) is 0 Å². The predicted molar refractivity (Wildman–Crippen MR) is 51.4 cm³/mol. The van der Waals surface area contributed by atoms with Crippen LogP contribution in [0.5, 0.6) is 0 Å². The Labute approximate surface area is 83.4 Å². The van der Waals surface area contributed by atoms with Crippen LogP contribution in [0.4, 0.5) is 0 Å². The third-order valence-corrected chi connectivity index (χ3v) is 3.54. The van der Waals surface area contributed by atoms with Gasteiger partial charge in [0.05, 0.1) is 12.5 Å².